The Morgan fingerprint density at radius 3 is 2.36 bits per heavy atom. The molecule has 0 bridgehead atoms. The molecular weight excluding hydrogens is 362 g/mol. The van der Waals surface area contributed by atoms with Crippen LogP contribution in [0.3, 0.4) is 0 Å². The van der Waals surface area contributed by atoms with E-state index in [1.54, 1.807) is 12.1 Å². The lowest BCUT2D eigenvalue weighted by molar-refractivity contribution is -0.137. The molecule has 0 aliphatic rings. The van der Waals surface area contributed by atoms with E-state index in [0.29, 0.717) is 10.7 Å². The van der Waals surface area contributed by atoms with Crippen LogP contribution in [0.4, 0.5) is 5.69 Å². The largest absolute Gasteiger partial charge is 0.481 e. The highest BCUT2D eigenvalue weighted by atomic mass is 35.5. The summed E-state index contributed by atoms with van der Waals surface area (Å²) in [4.78, 5) is 10.9. The Morgan fingerprint density at radius 2 is 1.76 bits per heavy atom. The molecule has 25 heavy (non-hydrogen) atoms. The fourth-order valence-electron chi connectivity index (χ4n) is 2.48. The molecule has 0 amide bonds. The van der Waals surface area contributed by atoms with Crippen LogP contribution < -0.4 is 4.31 Å². The minimum absolute atomic E-state index is 0.0849. The summed E-state index contributed by atoms with van der Waals surface area (Å²) in [6, 6.07) is 11.4. The lowest BCUT2D eigenvalue weighted by atomic mass is 10.1. The molecule has 0 heterocycles. The number of carboxylic acids is 1. The predicted octanol–water partition coefficient (Wildman–Crippen LogP) is 4.02. The summed E-state index contributed by atoms with van der Waals surface area (Å²) in [5.41, 5.74) is 2.36. The normalized spacial score (nSPS) is 11.3. The topological polar surface area (TPSA) is 74.7 Å². The highest BCUT2D eigenvalue weighted by Crippen LogP contribution is 2.29. The summed E-state index contributed by atoms with van der Waals surface area (Å²) in [5.74, 6) is -0.954. The van der Waals surface area contributed by atoms with E-state index in [1.165, 1.54) is 28.6 Å². The minimum Gasteiger partial charge on any atom is -0.481 e. The number of halogens is 1. The van der Waals surface area contributed by atoms with E-state index in [9.17, 15) is 13.2 Å². The molecule has 0 atom stereocenters. The van der Waals surface area contributed by atoms with Crippen LogP contribution in [0.25, 0.3) is 0 Å². The molecule has 0 spiro atoms. The Morgan fingerprint density at radius 1 is 1.12 bits per heavy atom. The Bertz CT molecular complexity index is 863. The van der Waals surface area contributed by atoms with Crippen LogP contribution in [0.2, 0.25) is 5.02 Å². The van der Waals surface area contributed by atoms with E-state index in [1.807, 2.05) is 19.9 Å². The molecule has 0 aliphatic heterocycles. The average Bonchev–Trinajstić information content (AvgIpc) is 2.55. The third-order valence-corrected chi connectivity index (χ3v) is 6.08. The van der Waals surface area contributed by atoms with Gasteiger partial charge in [0.15, 0.2) is 0 Å². The number of benzene rings is 2. The summed E-state index contributed by atoms with van der Waals surface area (Å²) in [6.45, 7) is 3.84. The Labute approximate surface area is 152 Å². The van der Waals surface area contributed by atoms with Crippen molar-refractivity contribution < 1.29 is 18.3 Å². The van der Waals surface area contributed by atoms with E-state index >= 15 is 0 Å². The first-order valence-electron chi connectivity index (χ1n) is 7.80. The van der Waals surface area contributed by atoms with Crippen molar-refractivity contribution in [2.24, 2.45) is 0 Å². The zero-order valence-corrected chi connectivity index (χ0v) is 15.6. The van der Waals surface area contributed by atoms with Crippen LogP contribution in [-0.4, -0.2) is 26.0 Å². The molecule has 7 heteroatoms. The van der Waals surface area contributed by atoms with Crippen LogP contribution >= 0.6 is 11.6 Å². The van der Waals surface area contributed by atoms with Gasteiger partial charge in [-0.1, -0.05) is 23.7 Å². The molecule has 2 rings (SSSR count). The second-order valence-corrected chi connectivity index (χ2v) is 8.05. The zero-order chi connectivity index (χ0) is 18.6. The van der Waals surface area contributed by atoms with E-state index < -0.39 is 16.0 Å². The molecule has 0 aromatic heterocycles. The van der Waals surface area contributed by atoms with Crippen molar-refractivity contribution in [3.63, 3.8) is 0 Å². The number of carbonyl (C=O) groups is 1. The zero-order valence-electron chi connectivity index (χ0n) is 14.1. The molecule has 5 nitrogen and oxygen atoms in total. The third kappa shape index (κ3) is 4.52. The number of anilines is 1. The summed E-state index contributed by atoms with van der Waals surface area (Å²) < 4.78 is 27.5. The molecule has 134 valence electrons. The standard InChI is InChI=1S/C18H20ClNO4S/c1-13-5-3-6-17(14(13)2)20(12-4-7-18(21)22)25(23,24)16-10-8-15(19)9-11-16/h3,5-6,8-11H,4,7,12H2,1-2H3,(H,21,22). The first-order valence-corrected chi connectivity index (χ1v) is 9.61. The van der Waals surface area contributed by atoms with Crippen molar-refractivity contribution in [1.29, 1.82) is 0 Å². The highest BCUT2D eigenvalue weighted by Gasteiger charge is 2.26. The van der Waals surface area contributed by atoms with Crippen LogP contribution in [0.15, 0.2) is 47.4 Å². The van der Waals surface area contributed by atoms with Gasteiger partial charge in [0.25, 0.3) is 10.0 Å². The van der Waals surface area contributed by atoms with Gasteiger partial charge in [0, 0.05) is 18.0 Å². The van der Waals surface area contributed by atoms with E-state index in [2.05, 4.69) is 0 Å². The van der Waals surface area contributed by atoms with Gasteiger partial charge in [-0.3, -0.25) is 9.10 Å². The second kappa shape index (κ2) is 7.89. The lowest BCUT2D eigenvalue weighted by Gasteiger charge is -2.26. The predicted molar refractivity (Wildman–Crippen MR) is 98.8 cm³/mol. The number of aliphatic carboxylic acids is 1. The molecule has 2 aromatic carbocycles. The molecular formula is C18H20ClNO4S. The maximum atomic E-state index is 13.1. The van der Waals surface area contributed by atoms with Gasteiger partial charge in [-0.15, -0.1) is 0 Å². The summed E-state index contributed by atoms with van der Waals surface area (Å²) >= 11 is 5.85. The second-order valence-electron chi connectivity index (χ2n) is 5.75. The fraction of sp³-hybridized carbons (Fsp3) is 0.278. The number of nitrogens with zero attached hydrogens (tertiary/aromatic N) is 1. The molecule has 0 unspecified atom stereocenters. The van der Waals surface area contributed by atoms with Gasteiger partial charge in [0.05, 0.1) is 10.6 Å². The number of hydrogen-bond donors (Lipinski definition) is 1. The number of sulfonamides is 1. The van der Waals surface area contributed by atoms with E-state index in [-0.39, 0.29) is 24.3 Å². The summed E-state index contributed by atoms with van der Waals surface area (Å²) in [7, 11) is -3.83. The molecule has 1 N–H and O–H groups in total. The quantitative estimate of drug-likeness (QED) is 0.786. The Kier molecular flexibility index (Phi) is 6.08. The molecule has 0 fully saturated rings. The van der Waals surface area contributed by atoms with Crippen LogP contribution in [0.5, 0.6) is 0 Å². The van der Waals surface area contributed by atoms with Gasteiger partial charge < -0.3 is 5.11 Å². The van der Waals surface area contributed by atoms with E-state index in [0.717, 1.165) is 11.1 Å². The van der Waals surface area contributed by atoms with Crippen molar-refractivity contribution in [2.45, 2.75) is 31.6 Å². The lowest BCUT2D eigenvalue weighted by Crippen LogP contribution is -2.33. The summed E-state index contributed by atoms with van der Waals surface area (Å²) in [5, 5.41) is 9.31. The number of rotatable bonds is 7. The van der Waals surface area contributed by atoms with Gasteiger partial charge >= 0.3 is 5.97 Å². The van der Waals surface area contributed by atoms with Gasteiger partial charge in [0.2, 0.25) is 0 Å². The van der Waals surface area contributed by atoms with Crippen molar-refractivity contribution in [1.82, 2.24) is 0 Å². The monoisotopic (exact) mass is 381 g/mol. The van der Waals surface area contributed by atoms with Crippen molar-refractivity contribution in [3.8, 4) is 0 Å². The van der Waals surface area contributed by atoms with Crippen LogP contribution in [0.1, 0.15) is 24.0 Å². The van der Waals surface area contributed by atoms with Crippen LogP contribution in [0, 0.1) is 13.8 Å². The SMILES string of the molecule is Cc1cccc(N(CCCC(=O)O)S(=O)(=O)c2ccc(Cl)cc2)c1C. The van der Waals surface area contributed by atoms with Crippen molar-refractivity contribution in [3.05, 3.63) is 58.6 Å². The minimum atomic E-state index is -3.83. The Balaban J connectivity index is 2.48. The number of hydrogen-bond acceptors (Lipinski definition) is 3. The molecule has 2 aromatic rings. The van der Waals surface area contributed by atoms with Crippen molar-refractivity contribution in [2.75, 3.05) is 10.8 Å². The highest BCUT2D eigenvalue weighted by molar-refractivity contribution is 7.92. The third-order valence-electron chi connectivity index (χ3n) is 4.00. The Hall–Kier alpha value is -2.05. The molecule has 0 aliphatic carbocycles. The first kappa shape index (κ1) is 19.3. The van der Waals surface area contributed by atoms with Gasteiger partial charge in [-0.05, 0) is 61.7 Å². The van der Waals surface area contributed by atoms with E-state index in [4.69, 9.17) is 16.7 Å². The van der Waals surface area contributed by atoms with Crippen LogP contribution in [-0.2, 0) is 14.8 Å². The smallest absolute Gasteiger partial charge is 0.303 e. The number of aryl methyl sites for hydroxylation is 1. The average molecular weight is 382 g/mol. The van der Waals surface area contributed by atoms with Crippen molar-refractivity contribution >= 4 is 33.3 Å². The fourth-order valence-corrected chi connectivity index (χ4v) is 4.17. The molecule has 0 saturated heterocycles. The van der Waals surface area contributed by atoms with Gasteiger partial charge in [-0.25, -0.2) is 8.42 Å². The number of carboxylic acid groups (broad SMARTS) is 1. The molecule has 0 saturated carbocycles. The first-order chi connectivity index (χ1) is 11.7. The molecule has 0 radical (unpaired) electrons. The van der Waals surface area contributed by atoms with Gasteiger partial charge in [-0.2, -0.15) is 0 Å². The van der Waals surface area contributed by atoms with Gasteiger partial charge in [0.1, 0.15) is 0 Å². The maximum absolute atomic E-state index is 13.1. The maximum Gasteiger partial charge on any atom is 0.303 e. The summed E-state index contributed by atoms with van der Waals surface area (Å²) in [6.07, 6.45) is 0.118.